The van der Waals surface area contributed by atoms with Gasteiger partial charge in [0.25, 0.3) is 0 Å². The summed E-state index contributed by atoms with van der Waals surface area (Å²) in [5.41, 5.74) is 20.5. The van der Waals surface area contributed by atoms with Crippen LogP contribution in [-0.4, -0.2) is 136 Å². The number of benzene rings is 4. The van der Waals surface area contributed by atoms with Crippen LogP contribution in [-0.2, 0) is 62.4 Å². The number of carbonyl (C=O) groups excluding carboxylic acids is 9. The summed E-state index contributed by atoms with van der Waals surface area (Å²) in [6.45, 7) is 6.07. The van der Waals surface area contributed by atoms with Crippen LogP contribution in [0.2, 0.25) is 0 Å². The van der Waals surface area contributed by atoms with E-state index < -0.39 is 114 Å². The van der Waals surface area contributed by atoms with Crippen molar-refractivity contribution in [3.8, 4) is 5.75 Å². The fraction of sp³-hybridized carbons (Fsp3) is 0.411. The number of aromatic amines is 1. The predicted molar refractivity (Wildman–Crippen MR) is 306 cm³/mol. The van der Waals surface area contributed by atoms with Gasteiger partial charge in [0.2, 0.25) is 47.3 Å². The topological polar surface area (TPSA) is 361 Å². The highest BCUT2D eigenvalue weighted by Gasteiger charge is 2.37. The molecule has 6 rings (SSSR count). The van der Waals surface area contributed by atoms with E-state index in [1.807, 2.05) is 66.7 Å². The number of rotatable bonds is 18. The largest absolute Gasteiger partial charge is 0.427 e. The highest BCUT2D eigenvalue weighted by Crippen LogP contribution is 2.25. The number of esters is 1. The minimum atomic E-state index is -1.56. The number of unbranched alkanes of at least 4 members (excludes halogenated alkanes) is 1. The Kier molecular flexibility index (Phi) is 22.9. The number of hydrogen-bond donors (Lipinski definition) is 12. The van der Waals surface area contributed by atoms with E-state index in [1.165, 1.54) is 26.0 Å². The van der Waals surface area contributed by atoms with E-state index in [2.05, 4.69) is 42.2 Å². The number of carbonyl (C=O) groups is 9. The van der Waals surface area contributed by atoms with E-state index in [-0.39, 0.29) is 49.5 Å². The molecular formula is C56H71N11O11S2. The molecule has 15 N–H and O–H groups in total. The van der Waals surface area contributed by atoms with Gasteiger partial charge in [0, 0.05) is 48.4 Å². The molecule has 4 unspecified atom stereocenters. The second-order valence-corrected chi connectivity index (χ2v) is 22.6. The second kappa shape index (κ2) is 29.6. The summed E-state index contributed by atoms with van der Waals surface area (Å²) in [5.74, 6) is -8.08. The van der Waals surface area contributed by atoms with Gasteiger partial charge in [-0.2, -0.15) is 0 Å². The SMILES string of the molecule is CC(=O)Oc1ccc(CC2NC(=O)C(NC(=O)[C@H](N)Cc3ccc4ccccc4c3)CSSCC(C(=O)N[C@H](C(N)=O)[C@@H](C)O)NC(=O)[C@H](C(C)C)NC(=O)C(CCCCN)NC(=O)[C@@H](Cc3c[nH]c4ccccc34)NC2=O)cc1. The molecule has 1 fully saturated rings. The molecule has 8 amide bonds. The maximum absolute atomic E-state index is 15.0. The van der Waals surface area contributed by atoms with Crippen LogP contribution in [0.15, 0.2) is 97.2 Å². The third kappa shape index (κ3) is 17.7. The average Bonchev–Trinajstić information content (AvgIpc) is 3.83. The second-order valence-electron chi connectivity index (χ2n) is 20.0. The van der Waals surface area contributed by atoms with Crippen molar-refractivity contribution in [2.75, 3.05) is 18.1 Å². The highest BCUT2D eigenvalue weighted by atomic mass is 33.1. The lowest BCUT2D eigenvalue weighted by Crippen LogP contribution is -2.62. The number of amides is 8. The molecule has 1 aliphatic rings. The molecule has 2 heterocycles. The van der Waals surface area contributed by atoms with Crippen molar-refractivity contribution < 1.29 is 53.0 Å². The number of aliphatic hydroxyl groups is 1. The van der Waals surface area contributed by atoms with E-state index in [0.717, 1.165) is 48.8 Å². The van der Waals surface area contributed by atoms with Crippen LogP contribution < -0.4 is 59.2 Å². The fourth-order valence-corrected chi connectivity index (χ4v) is 11.3. The van der Waals surface area contributed by atoms with Gasteiger partial charge in [-0.3, -0.25) is 43.2 Å². The molecule has 22 nitrogen and oxygen atoms in total. The van der Waals surface area contributed by atoms with Gasteiger partial charge >= 0.3 is 5.97 Å². The number of H-pyrrole nitrogens is 1. The Hall–Kier alpha value is -7.51. The van der Waals surface area contributed by atoms with E-state index in [4.69, 9.17) is 21.9 Å². The van der Waals surface area contributed by atoms with Gasteiger partial charge in [0.15, 0.2) is 0 Å². The molecular weight excluding hydrogens is 1070 g/mol. The number of aromatic nitrogens is 1. The van der Waals surface area contributed by atoms with Crippen molar-refractivity contribution in [1.29, 1.82) is 0 Å². The van der Waals surface area contributed by atoms with Crippen LogP contribution >= 0.6 is 21.6 Å². The lowest BCUT2D eigenvalue weighted by molar-refractivity contribution is -0.136. The van der Waals surface area contributed by atoms with Crippen LogP contribution in [0.1, 0.15) is 63.6 Å². The zero-order valence-electron chi connectivity index (χ0n) is 45.0. The Morgan fingerprint density at radius 2 is 1.35 bits per heavy atom. The smallest absolute Gasteiger partial charge is 0.308 e. The monoisotopic (exact) mass is 1140 g/mol. The number of para-hydroxylation sites is 1. The van der Waals surface area contributed by atoms with Crippen LogP contribution in [0.3, 0.4) is 0 Å². The molecule has 80 heavy (non-hydrogen) atoms. The number of nitrogens with one attached hydrogen (secondary N) is 8. The van der Waals surface area contributed by atoms with Crippen LogP contribution in [0.4, 0.5) is 0 Å². The van der Waals surface area contributed by atoms with Gasteiger partial charge < -0.3 is 69.2 Å². The summed E-state index contributed by atoms with van der Waals surface area (Å²) in [4.78, 5) is 129. The third-order valence-electron chi connectivity index (χ3n) is 13.3. The first kappa shape index (κ1) is 61.7. The standard InChI is InChI=1S/C56H71N11O11S2/c1-30(2)47-56(77)65-46(55(76)67-48(31(3)68)49(59)70)29-80-79-28-45(64-50(71)40(58)24-34-16-19-35-11-5-6-12-36(35)23-34)54(75)62-43(25-33-17-20-38(21-18-33)78-32(4)69)52(73)63-44(26-37-27-60-41-14-8-7-13-39(37)41)53(74)61-42(51(72)66-47)15-9-10-22-57/h5-8,11-14,16-21,23,27,30-31,40,42-48,60,68H,9-10,15,22,24-26,28-29,57-58H2,1-4H3,(H2,59,70)(H,61,74)(H,62,75)(H,63,73)(H,64,71)(H,65,77)(H,66,72)(H,67,76)/t31-,40-,42?,43?,44-,45?,46?,47+,48+/m1/s1. The van der Waals surface area contributed by atoms with Gasteiger partial charge in [-0.25, -0.2) is 0 Å². The average molecular weight is 1140 g/mol. The van der Waals surface area contributed by atoms with Crippen LogP contribution in [0.5, 0.6) is 5.75 Å². The number of aliphatic hydroxyl groups excluding tert-OH is 1. The molecule has 24 heteroatoms. The first-order valence-corrected chi connectivity index (χ1v) is 28.8. The number of ether oxygens (including phenoxy) is 1. The summed E-state index contributed by atoms with van der Waals surface area (Å²) in [6, 6.07) is 15.9. The maximum Gasteiger partial charge on any atom is 0.308 e. The quantitative estimate of drug-likeness (QED) is 0.0253. The zero-order valence-corrected chi connectivity index (χ0v) is 46.6. The summed E-state index contributed by atoms with van der Waals surface area (Å²) in [7, 11) is 2.01. The van der Waals surface area contributed by atoms with Crippen molar-refractivity contribution in [2.45, 2.75) is 121 Å². The van der Waals surface area contributed by atoms with Crippen LogP contribution in [0, 0.1) is 5.92 Å². The first-order valence-electron chi connectivity index (χ1n) is 26.3. The summed E-state index contributed by atoms with van der Waals surface area (Å²) < 4.78 is 5.22. The molecule has 0 radical (unpaired) electrons. The summed E-state index contributed by atoms with van der Waals surface area (Å²) >= 11 is 0. The van der Waals surface area contributed by atoms with Gasteiger partial charge in [-0.15, -0.1) is 0 Å². The van der Waals surface area contributed by atoms with E-state index in [1.54, 1.807) is 32.2 Å². The maximum atomic E-state index is 15.0. The summed E-state index contributed by atoms with van der Waals surface area (Å²) in [5, 5.41) is 32.0. The molecule has 428 valence electrons. The molecule has 0 saturated carbocycles. The Labute approximate surface area is 471 Å². The van der Waals surface area contributed by atoms with Crippen molar-refractivity contribution >= 4 is 96.5 Å². The molecule has 5 aromatic rings. The number of nitrogens with two attached hydrogens (primary N) is 3. The van der Waals surface area contributed by atoms with Gasteiger partial charge in [0.05, 0.1) is 12.1 Å². The lowest BCUT2D eigenvalue weighted by atomic mass is 10.00. The normalized spacial score (nSPS) is 21.2. The molecule has 9 atom stereocenters. The highest BCUT2D eigenvalue weighted by molar-refractivity contribution is 8.76. The molecule has 1 saturated heterocycles. The Bertz CT molecular complexity index is 3010. The number of hydrogen-bond acceptors (Lipinski definition) is 15. The third-order valence-corrected chi connectivity index (χ3v) is 15.8. The van der Waals surface area contributed by atoms with Crippen molar-refractivity contribution in [2.24, 2.45) is 23.1 Å². The zero-order chi connectivity index (χ0) is 58.0. The lowest BCUT2D eigenvalue weighted by Gasteiger charge is -2.29. The van der Waals surface area contributed by atoms with E-state index in [9.17, 15) is 48.3 Å². The molecule has 0 aliphatic carbocycles. The minimum Gasteiger partial charge on any atom is -0.427 e. The van der Waals surface area contributed by atoms with Gasteiger partial charge in [-0.1, -0.05) is 108 Å². The number of primary amides is 1. The molecule has 0 spiro atoms. The molecule has 4 aromatic carbocycles. The Morgan fingerprint density at radius 1 is 0.725 bits per heavy atom. The Balaban J connectivity index is 1.41. The van der Waals surface area contributed by atoms with E-state index >= 15 is 0 Å². The van der Waals surface area contributed by atoms with Crippen molar-refractivity contribution in [1.82, 2.24) is 42.2 Å². The van der Waals surface area contributed by atoms with Gasteiger partial charge in [0.1, 0.15) is 48.0 Å². The fourth-order valence-electron chi connectivity index (χ4n) is 8.94. The van der Waals surface area contributed by atoms with Crippen LogP contribution in [0.25, 0.3) is 21.7 Å². The molecule has 0 bridgehead atoms. The first-order chi connectivity index (χ1) is 38.2. The van der Waals surface area contributed by atoms with Gasteiger partial charge in [-0.05, 0) is 90.7 Å². The molecule has 1 aromatic heterocycles. The van der Waals surface area contributed by atoms with Crippen molar-refractivity contribution in [3.63, 3.8) is 0 Å². The summed E-state index contributed by atoms with van der Waals surface area (Å²) in [6.07, 6.45) is 0.954. The molecule has 1 aliphatic heterocycles. The van der Waals surface area contributed by atoms with E-state index in [0.29, 0.717) is 24.0 Å². The minimum absolute atomic E-state index is 0.0583. The predicted octanol–water partition coefficient (Wildman–Crippen LogP) is 1.04. The number of fused-ring (bicyclic) bond motifs is 2. The Morgan fingerprint density at radius 3 is 2.02 bits per heavy atom. The van der Waals surface area contributed by atoms with Crippen molar-refractivity contribution in [3.05, 3.63) is 114 Å².